The van der Waals surface area contributed by atoms with Gasteiger partial charge in [-0.1, -0.05) is 35.4 Å². The van der Waals surface area contributed by atoms with Crippen molar-refractivity contribution in [3.8, 4) is 5.75 Å². The molecule has 1 atom stereocenters. The fraction of sp³-hybridized carbons (Fsp3) is 0.214. The van der Waals surface area contributed by atoms with E-state index in [-0.39, 0.29) is 24.6 Å². The maximum absolute atomic E-state index is 12.5. The van der Waals surface area contributed by atoms with Crippen LogP contribution in [0.4, 0.5) is 5.69 Å². The summed E-state index contributed by atoms with van der Waals surface area (Å²) < 4.78 is 10.5. The van der Waals surface area contributed by atoms with Gasteiger partial charge in [0.05, 0.1) is 11.5 Å². The van der Waals surface area contributed by atoms with Crippen LogP contribution in [-0.4, -0.2) is 36.8 Å². The molecule has 1 aliphatic heterocycles. The Balaban J connectivity index is 1.29. The molecule has 0 bridgehead atoms. The number of esters is 2. The Kier molecular flexibility index (Phi) is 7.50. The molecule has 1 fully saturated rings. The highest BCUT2D eigenvalue weighted by Gasteiger charge is 2.36. The van der Waals surface area contributed by atoms with E-state index in [2.05, 4.69) is 0 Å². The molecule has 3 aromatic carbocycles. The summed E-state index contributed by atoms with van der Waals surface area (Å²) in [6.07, 6.45) is -0.000430. The number of Topliss-reactive ketones (excluding diaryl/α,β-unsaturated/α-hetero) is 1. The molecular weight excluding hydrogens is 482 g/mol. The first-order chi connectivity index (χ1) is 17.2. The number of ether oxygens (including phenoxy) is 2. The lowest BCUT2D eigenvalue weighted by atomic mass is 10.1. The van der Waals surface area contributed by atoms with E-state index in [0.29, 0.717) is 21.8 Å². The molecule has 0 N–H and O–H groups in total. The van der Waals surface area contributed by atoms with E-state index in [4.69, 9.17) is 21.1 Å². The highest BCUT2D eigenvalue weighted by molar-refractivity contribution is 6.31. The number of benzene rings is 3. The quantitative estimate of drug-likeness (QED) is 0.256. The minimum Gasteiger partial charge on any atom is -0.457 e. The van der Waals surface area contributed by atoms with Crippen molar-refractivity contribution >= 4 is 40.9 Å². The molecule has 1 amide bonds. The van der Waals surface area contributed by atoms with Gasteiger partial charge in [0.2, 0.25) is 5.91 Å². The summed E-state index contributed by atoms with van der Waals surface area (Å²) >= 11 is 6.16. The van der Waals surface area contributed by atoms with Crippen molar-refractivity contribution in [2.75, 3.05) is 18.1 Å². The predicted molar refractivity (Wildman–Crippen MR) is 135 cm³/mol. The first-order valence-electron chi connectivity index (χ1n) is 11.4. The standard InChI is InChI=1S/C28H24ClNO6/c1-17-3-6-20(7-4-17)28(34)36-23-11-8-19(9-12-23)25(31)16-35-27(33)21-13-26(32)30(15-21)22-10-5-18(2)24(29)14-22/h3-12,14,21H,13,15-16H2,1-2H3/t21-/m0/s1. The number of rotatable bonds is 7. The van der Waals surface area contributed by atoms with Crippen molar-refractivity contribution in [3.05, 3.63) is 94.0 Å². The Morgan fingerprint density at radius 1 is 0.944 bits per heavy atom. The Morgan fingerprint density at radius 2 is 1.61 bits per heavy atom. The van der Waals surface area contributed by atoms with E-state index in [1.54, 1.807) is 24.3 Å². The first kappa shape index (κ1) is 25.1. The molecule has 7 nitrogen and oxygen atoms in total. The lowest BCUT2D eigenvalue weighted by Gasteiger charge is -2.17. The second-order valence-corrected chi connectivity index (χ2v) is 9.06. The average molecular weight is 506 g/mol. The van der Waals surface area contributed by atoms with E-state index in [1.807, 2.05) is 32.0 Å². The van der Waals surface area contributed by atoms with Crippen LogP contribution < -0.4 is 9.64 Å². The average Bonchev–Trinajstić information content (AvgIpc) is 3.26. The molecule has 1 aliphatic rings. The van der Waals surface area contributed by atoms with Gasteiger partial charge in [-0.05, 0) is 67.9 Å². The molecule has 1 saturated heterocycles. The van der Waals surface area contributed by atoms with Gasteiger partial charge >= 0.3 is 11.9 Å². The second kappa shape index (κ2) is 10.7. The lowest BCUT2D eigenvalue weighted by Crippen LogP contribution is -2.27. The van der Waals surface area contributed by atoms with Gasteiger partial charge < -0.3 is 14.4 Å². The first-order valence-corrected chi connectivity index (χ1v) is 11.7. The Morgan fingerprint density at radius 3 is 2.28 bits per heavy atom. The van der Waals surface area contributed by atoms with Crippen molar-refractivity contribution in [2.45, 2.75) is 20.3 Å². The summed E-state index contributed by atoms with van der Waals surface area (Å²) in [5, 5.41) is 0.535. The van der Waals surface area contributed by atoms with Crippen molar-refractivity contribution in [3.63, 3.8) is 0 Å². The van der Waals surface area contributed by atoms with Crippen LogP contribution in [0.2, 0.25) is 5.02 Å². The number of carbonyl (C=O) groups excluding carboxylic acids is 4. The van der Waals surface area contributed by atoms with Crippen LogP contribution in [0.15, 0.2) is 66.7 Å². The molecule has 0 radical (unpaired) electrons. The van der Waals surface area contributed by atoms with Gasteiger partial charge in [0.1, 0.15) is 5.75 Å². The topological polar surface area (TPSA) is 90.0 Å². The molecule has 8 heteroatoms. The van der Waals surface area contributed by atoms with Crippen LogP contribution in [0, 0.1) is 19.8 Å². The number of nitrogens with zero attached hydrogens (tertiary/aromatic N) is 1. The number of carbonyl (C=O) groups is 4. The van der Waals surface area contributed by atoms with Gasteiger partial charge in [0, 0.05) is 29.2 Å². The molecule has 0 unspecified atom stereocenters. The molecular formula is C28H24ClNO6. The largest absolute Gasteiger partial charge is 0.457 e. The fourth-order valence-electron chi connectivity index (χ4n) is 3.77. The molecule has 184 valence electrons. The lowest BCUT2D eigenvalue weighted by molar-refractivity contribution is -0.147. The zero-order valence-electron chi connectivity index (χ0n) is 19.8. The summed E-state index contributed by atoms with van der Waals surface area (Å²) in [7, 11) is 0. The third kappa shape index (κ3) is 5.80. The summed E-state index contributed by atoms with van der Waals surface area (Å²) in [5.74, 6) is -2.12. The van der Waals surface area contributed by atoms with E-state index >= 15 is 0 Å². The zero-order chi connectivity index (χ0) is 25.8. The van der Waals surface area contributed by atoms with Gasteiger partial charge in [-0.3, -0.25) is 14.4 Å². The summed E-state index contributed by atoms with van der Waals surface area (Å²) in [5.41, 5.74) is 3.26. The minimum absolute atomic E-state index is 0.000430. The monoisotopic (exact) mass is 505 g/mol. The van der Waals surface area contributed by atoms with Crippen LogP contribution in [-0.2, 0) is 14.3 Å². The molecule has 3 aromatic rings. The predicted octanol–water partition coefficient (Wildman–Crippen LogP) is 4.96. The van der Waals surface area contributed by atoms with Gasteiger partial charge in [-0.25, -0.2) is 4.79 Å². The van der Waals surface area contributed by atoms with Gasteiger partial charge in [-0.15, -0.1) is 0 Å². The van der Waals surface area contributed by atoms with E-state index in [1.165, 1.54) is 29.2 Å². The van der Waals surface area contributed by atoms with Gasteiger partial charge in [0.25, 0.3) is 0 Å². The maximum atomic E-state index is 12.5. The van der Waals surface area contributed by atoms with Crippen LogP contribution >= 0.6 is 11.6 Å². The van der Waals surface area contributed by atoms with Crippen molar-refractivity contribution in [2.24, 2.45) is 5.92 Å². The smallest absolute Gasteiger partial charge is 0.343 e. The highest BCUT2D eigenvalue weighted by atomic mass is 35.5. The Hall–Kier alpha value is -3.97. The molecule has 0 aromatic heterocycles. The van der Waals surface area contributed by atoms with E-state index in [0.717, 1.165) is 11.1 Å². The normalized spacial score (nSPS) is 15.0. The maximum Gasteiger partial charge on any atom is 0.343 e. The van der Waals surface area contributed by atoms with E-state index in [9.17, 15) is 19.2 Å². The molecule has 36 heavy (non-hydrogen) atoms. The highest BCUT2D eigenvalue weighted by Crippen LogP contribution is 2.29. The third-order valence-electron chi connectivity index (χ3n) is 5.95. The van der Waals surface area contributed by atoms with Gasteiger partial charge in [-0.2, -0.15) is 0 Å². The number of anilines is 1. The summed E-state index contributed by atoms with van der Waals surface area (Å²) in [6, 6.07) is 18.3. The minimum atomic E-state index is -0.672. The Labute approximate surface area is 213 Å². The molecule has 4 rings (SSSR count). The zero-order valence-corrected chi connectivity index (χ0v) is 20.6. The molecule has 0 saturated carbocycles. The summed E-state index contributed by atoms with van der Waals surface area (Å²) in [4.78, 5) is 51.2. The summed E-state index contributed by atoms with van der Waals surface area (Å²) in [6.45, 7) is 3.49. The number of aryl methyl sites for hydroxylation is 2. The van der Waals surface area contributed by atoms with Crippen molar-refractivity contribution in [1.29, 1.82) is 0 Å². The molecule has 0 spiro atoms. The fourth-order valence-corrected chi connectivity index (χ4v) is 3.94. The Bertz CT molecular complexity index is 1320. The number of halogens is 1. The third-order valence-corrected chi connectivity index (χ3v) is 6.35. The van der Waals surface area contributed by atoms with Crippen molar-refractivity contribution < 1.29 is 28.7 Å². The number of hydrogen-bond donors (Lipinski definition) is 0. The molecule has 1 heterocycles. The number of amides is 1. The number of hydrogen-bond acceptors (Lipinski definition) is 6. The van der Waals surface area contributed by atoms with Crippen LogP contribution in [0.5, 0.6) is 5.75 Å². The number of ketones is 1. The second-order valence-electron chi connectivity index (χ2n) is 8.65. The van der Waals surface area contributed by atoms with Crippen LogP contribution in [0.1, 0.15) is 38.3 Å². The van der Waals surface area contributed by atoms with Crippen molar-refractivity contribution in [1.82, 2.24) is 0 Å². The van der Waals surface area contributed by atoms with Gasteiger partial charge in [0.15, 0.2) is 12.4 Å². The van der Waals surface area contributed by atoms with Crippen LogP contribution in [0.3, 0.4) is 0 Å². The SMILES string of the molecule is Cc1ccc(C(=O)Oc2ccc(C(=O)COC(=O)[C@H]3CC(=O)N(c4ccc(C)c(Cl)c4)C3)cc2)cc1. The molecule has 0 aliphatic carbocycles. The van der Waals surface area contributed by atoms with E-state index < -0.39 is 30.2 Å². The van der Waals surface area contributed by atoms with Crippen LogP contribution in [0.25, 0.3) is 0 Å².